The molecule has 0 radical (unpaired) electrons. The molecular weight excluding hydrogens is 363 g/mol. The van der Waals surface area contributed by atoms with Crippen molar-refractivity contribution in [2.24, 2.45) is 11.7 Å². The molecule has 2 N–H and O–H groups in total. The normalized spacial score (nSPS) is 22.3. The van der Waals surface area contributed by atoms with Crippen LogP contribution in [0.2, 0.25) is 5.02 Å². The van der Waals surface area contributed by atoms with E-state index in [0.29, 0.717) is 23.0 Å². The van der Waals surface area contributed by atoms with Gasteiger partial charge in [-0.25, -0.2) is 0 Å². The van der Waals surface area contributed by atoms with Gasteiger partial charge in [0, 0.05) is 28.6 Å². The third-order valence-electron chi connectivity index (χ3n) is 3.78. The minimum Gasteiger partial charge on any atom is -0.334 e. The van der Waals surface area contributed by atoms with Gasteiger partial charge < -0.3 is 10.6 Å². The van der Waals surface area contributed by atoms with E-state index in [2.05, 4.69) is 22.9 Å². The molecule has 1 fully saturated rings. The molecule has 2 atom stereocenters. The van der Waals surface area contributed by atoms with Gasteiger partial charge in [-0.1, -0.05) is 18.5 Å². The number of benzene rings is 1. The zero-order valence-electron chi connectivity index (χ0n) is 11.3. The molecule has 1 saturated heterocycles. The number of amides is 1. The number of likely N-dealkylation sites (tertiary alicyclic amines) is 1. The maximum Gasteiger partial charge on any atom is 0.255 e. The van der Waals surface area contributed by atoms with Crippen molar-refractivity contribution in [1.29, 1.82) is 0 Å². The molecule has 1 aliphatic rings. The summed E-state index contributed by atoms with van der Waals surface area (Å²) in [7, 11) is 0. The zero-order valence-corrected chi connectivity index (χ0v) is 14.5. The second kappa shape index (κ2) is 7.64. The van der Waals surface area contributed by atoms with Gasteiger partial charge in [-0.2, -0.15) is 0 Å². The van der Waals surface area contributed by atoms with Crippen LogP contribution in [0.3, 0.4) is 0 Å². The highest BCUT2D eigenvalue weighted by atomic mass is 79.9. The molecule has 112 valence electrons. The first-order valence-corrected chi connectivity index (χ1v) is 7.67. The average molecular weight is 382 g/mol. The standard InChI is InChI=1S/C14H18BrClN2O.ClH/c1-9-3-2-6-18(13(9)8-17)14(19)11-5-4-10(16)7-12(11)15;/h4-5,7,9,13H,2-3,6,8,17H2,1H3;1H. The van der Waals surface area contributed by atoms with Gasteiger partial charge in [0.2, 0.25) is 0 Å². The molecule has 1 aromatic rings. The summed E-state index contributed by atoms with van der Waals surface area (Å²) >= 11 is 9.32. The predicted octanol–water partition coefficient (Wildman–Crippen LogP) is 3.72. The molecule has 0 saturated carbocycles. The summed E-state index contributed by atoms with van der Waals surface area (Å²) in [5, 5.41) is 0.616. The molecule has 6 heteroatoms. The Morgan fingerprint density at radius 2 is 2.25 bits per heavy atom. The number of piperidine rings is 1. The van der Waals surface area contributed by atoms with Gasteiger partial charge in [-0.05, 0) is 52.9 Å². The van der Waals surface area contributed by atoms with Gasteiger partial charge in [-0.3, -0.25) is 4.79 Å². The Balaban J connectivity index is 0.00000200. The molecule has 0 aliphatic carbocycles. The van der Waals surface area contributed by atoms with E-state index in [-0.39, 0.29) is 24.4 Å². The van der Waals surface area contributed by atoms with Crippen LogP contribution in [0.5, 0.6) is 0 Å². The summed E-state index contributed by atoms with van der Waals surface area (Å²) in [6.45, 7) is 3.45. The van der Waals surface area contributed by atoms with Crippen molar-refractivity contribution >= 4 is 45.8 Å². The van der Waals surface area contributed by atoms with Crippen LogP contribution < -0.4 is 5.73 Å². The molecule has 1 aliphatic heterocycles. The SMILES string of the molecule is CC1CCCN(C(=O)c2ccc(Cl)cc2Br)C1CN.Cl. The van der Waals surface area contributed by atoms with Gasteiger partial charge in [0.1, 0.15) is 0 Å². The monoisotopic (exact) mass is 380 g/mol. The number of hydrogen-bond acceptors (Lipinski definition) is 2. The van der Waals surface area contributed by atoms with Crippen LogP contribution in [0.15, 0.2) is 22.7 Å². The summed E-state index contributed by atoms with van der Waals surface area (Å²) in [6.07, 6.45) is 2.17. The van der Waals surface area contributed by atoms with Crippen LogP contribution in [0.4, 0.5) is 0 Å². The first-order chi connectivity index (χ1) is 9.04. The highest BCUT2D eigenvalue weighted by molar-refractivity contribution is 9.10. The summed E-state index contributed by atoms with van der Waals surface area (Å²) in [5.41, 5.74) is 6.49. The Bertz CT molecular complexity index is 484. The van der Waals surface area contributed by atoms with Crippen molar-refractivity contribution in [1.82, 2.24) is 4.90 Å². The highest BCUT2D eigenvalue weighted by Crippen LogP contribution is 2.28. The molecule has 2 unspecified atom stereocenters. The fourth-order valence-electron chi connectivity index (χ4n) is 2.68. The lowest BCUT2D eigenvalue weighted by Gasteiger charge is -2.39. The van der Waals surface area contributed by atoms with Gasteiger partial charge in [0.05, 0.1) is 5.56 Å². The topological polar surface area (TPSA) is 46.3 Å². The second-order valence-corrected chi connectivity index (χ2v) is 6.34. The molecule has 20 heavy (non-hydrogen) atoms. The van der Waals surface area contributed by atoms with Crippen molar-refractivity contribution < 1.29 is 4.79 Å². The Morgan fingerprint density at radius 1 is 1.55 bits per heavy atom. The van der Waals surface area contributed by atoms with Crippen LogP contribution in [-0.2, 0) is 0 Å². The summed E-state index contributed by atoms with van der Waals surface area (Å²) < 4.78 is 0.735. The first-order valence-electron chi connectivity index (χ1n) is 6.50. The van der Waals surface area contributed by atoms with Crippen molar-refractivity contribution in [3.63, 3.8) is 0 Å². The van der Waals surface area contributed by atoms with E-state index in [4.69, 9.17) is 17.3 Å². The van der Waals surface area contributed by atoms with Gasteiger partial charge in [0.25, 0.3) is 5.91 Å². The number of hydrogen-bond donors (Lipinski definition) is 1. The molecular formula is C14H19BrCl2N2O. The van der Waals surface area contributed by atoms with E-state index in [1.54, 1.807) is 18.2 Å². The molecule has 1 amide bonds. The summed E-state index contributed by atoms with van der Waals surface area (Å²) in [4.78, 5) is 14.5. The smallest absolute Gasteiger partial charge is 0.255 e. The van der Waals surface area contributed by atoms with E-state index >= 15 is 0 Å². The van der Waals surface area contributed by atoms with Crippen molar-refractivity contribution in [2.45, 2.75) is 25.8 Å². The lowest BCUT2D eigenvalue weighted by atomic mass is 9.90. The minimum atomic E-state index is 0. The van der Waals surface area contributed by atoms with Crippen LogP contribution in [0.1, 0.15) is 30.1 Å². The number of halogens is 3. The first kappa shape index (κ1) is 17.8. The van der Waals surface area contributed by atoms with Crippen LogP contribution in [0.25, 0.3) is 0 Å². The highest BCUT2D eigenvalue weighted by Gasteiger charge is 2.31. The quantitative estimate of drug-likeness (QED) is 0.848. The van der Waals surface area contributed by atoms with Crippen molar-refractivity contribution in [2.75, 3.05) is 13.1 Å². The maximum atomic E-state index is 12.6. The lowest BCUT2D eigenvalue weighted by molar-refractivity contribution is 0.0531. The summed E-state index contributed by atoms with van der Waals surface area (Å²) in [6, 6.07) is 5.38. The van der Waals surface area contributed by atoms with Gasteiger partial charge >= 0.3 is 0 Å². The fourth-order valence-corrected chi connectivity index (χ4v) is 3.53. The third kappa shape index (κ3) is 3.67. The number of carbonyl (C=O) groups excluding carboxylic acids is 1. The van der Waals surface area contributed by atoms with E-state index < -0.39 is 0 Å². The molecule has 2 rings (SSSR count). The van der Waals surface area contributed by atoms with Gasteiger partial charge in [0.15, 0.2) is 0 Å². The average Bonchev–Trinajstić information content (AvgIpc) is 2.37. The molecule has 1 aromatic carbocycles. The van der Waals surface area contributed by atoms with E-state index in [1.807, 2.05) is 4.90 Å². The molecule has 0 bridgehead atoms. The second-order valence-electron chi connectivity index (χ2n) is 5.05. The number of nitrogens with zero attached hydrogens (tertiary/aromatic N) is 1. The molecule has 0 aromatic heterocycles. The number of carbonyl (C=O) groups is 1. The number of rotatable bonds is 2. The fraction of sp³-hybridized carbons (Fsp3) is 0.500. The maximum absolute atomic E-state index is 12.6. The van der Waals surface area contributed by atoms with Crippen LogP contribution in [0, 0.1) is 5.92 Å². The van der Waals surface area contributed by atoms with Crippen molar-refractivity contribution in [3.05, 3.63) is 33.3 Å². The van der Waals surface area contributed by atoms with Crippen LogP contribution >= 0.6 is 39.9 Å². The van der Waals surface area contributed by atoms with E-state index in [9.17, 15) is 4.79 Å². The number of nitrogens with two attached hydrogens (primary N) is 1. The largest absolute Gasteiger partial charge is 0.334 e. The predicted molar refractivity (Wildman–Crippen MR) is 88.7 cm³/mol. The van der Waals surface area contributed by atoms with Crippen LogP contribution in [-0.4, -0.2) is 29.9 Å². The van der Waals surface area contributed by atoms with E-state index in [1.165, 1.54) is 0 Å². The van der Waals surface area contributed by atoms with Gasteiger partial charge in [-0.15, -0.1) is 12.4 Å². The Kier molecular flexibility index (Phi) is 6.79. The Labute approximate surface area is 139 Å². The lowest BCUT2D eigenvalue weighted by Crippen LogP contribution is -2.51. The Hall–Kier alpha value is -0.290. The zero-order chi connectivity index (χ0) is 14.0. The third-order valence-corrected chi connectivity index (χ3v) is 4.67. The van der Waals surface area contributed by atoms with E-state index in [0.717, 1.165) is 23.9 Å². The Morgan fingerprint density at radius 3 is 2.85 bits per heavy atom. The van der Waals surface area contributed by atoms with Crippen molar-refractivity contribution in [3.8, 4) is 0 Å². The molecule has 3 nitrogen and oxygen atoms in total. The minimum absolute atomic E-state index is 0. The molecule has 1 heterocycles. The molecule has 0 spiro atoms. The summed E-state index contributed by atoms with van der Waals surface area (Å²) in [5.74, 6) is 0.485.